The number of methoxy groups -OCH3 is 1. The van der Waals surface area contributed by atoms with Crippen LogP contribution in [0.2, 0.25) is 0 Å². The van der Waals surface area contributed by atoms with Crippen LogP contribution in [0.1, 0.15) is 39.2 Å². The number of rotatable bonds is 6. The average Bonchev–Trinajstić information content (AvgIpc) is 2.46. The topological polar surface area (TPSA) is 73.9 Å². The SMILES string of the molecule is CCOC(=O)[C@@H](CNC(=O)OC(C)(C)C)c1cccc(OC)c1. The molecule has 23 heavy (non-hydrogen) atoms. The highest BCUT2D eigenvalue weighted by Crippen LogP contribution is 2.22. The monoisotopic (exact) mass is 323 g/mol. The molecule has 1 aromatic rings. The molecule has 6 heteroatoms. The lowest BCUT2D eigenvalue weighted by molar-refractivity contribution is -0.144. The van der Waals surface area contributed by atoms with E-state index in [1.54, 1.807) is 59.1 Å². The highest BCUT2D eigenvalue weighted by molar-refractivity contribution is 5.79. The maximum atomic E-state index is 12.2. The molecule has 0 saturated heterocycles. The van der Waals surface area contributed by atoms with Gasteiger partial charge in [0.25, 0.3) is 0 Å². The molecule has 1 amide bonds. The van der Waals surface area contributed by atoms with Gasteiger partial charge in [-0.05, 0) is 45.4 Å². The van der Waals surface area contributed by atoms with Crippen LogP contribution in [0.25, 0.3) is 0 Å². The van der Waals surface area contributed by atoms with Gasteiger partial charge in [-0.3, -0.25) is 4.79 Å². The van der Waals surface area contributed by atoms with Crippen molar-refractivity contribution in [2.75, 3.05) is 20.3 Å². The van der Waals surface area contributed by atoms with Crippen molar-refractivity contribution in [3.8, 4) is 5.75 Å². The lowest BCUT2D eigenvalue weighted by atomic mass is 9.99. The summed E-state index contributed by atoms with van der Waals surface area (Å²) in [7, 11) is 1.55. The zero-order valence-corrected chi connectivity index (χ0v) is 14.3. The smallest absolute Gasteiger partial charge is 0.407 e. The molecule has 0 bridgehead atoms. The Hall–Kier alpha value is -2.24. The van der Waals surface area contributed by atoms with Crippen LogP contribution >= 0.6 is 0 Å². The van der Waals surface area contributed by atoms with E-state index in [-0.39, 0.29) is 13.2 Å². The average molecular weight is 323 g/mol. The molecular formula is C17H25NO5. The third kappa shape index (κ3) is 6.59. The fraction of sp³-hybridized carbons (Fsp3) is 0.529. The minimum absolute atomic E-state index is 0.0842. The van der Waals surface area contributed by atoms with E-state index in [1.165, 1.54) is 0 Å². The Labute approximate surface area is 137 Å². The van der Waals surface area contributed by atoms with Crippen LogP contribution in [-0.4, -0.2) is 37.9 Å². The number of amides is 1. The van der Waals surface area contributed by atoms with E-state index in [2.05, 4.69) is 5.32 Å². The van der Waals surface area contributed by atoms with Gasteiger partial charge in [0.15, 0.2) is 0 Å². The standard InChI is InChI=1S/C17H25NO5/c1-6-22-15(19)14(11-18-16(20)23-17(2,3)4)12-8-7-9-13(10-12)21-5/h7-10,14H,6,11H2,1-5H3,(H,18,20)/t14-/m0/s1. The second-order valence-electron chi connectivity index (χ2n) is 5.96. The van der Waals surface area contributed by atoms with E-state index < -0.39 is 23.6 Å². The van der Waals surface area contributed by atoms with Crippen molar-refractivity contribution in [1.29, 1.82) is 0 Å². The molecule has 0 aromatic heterocycles. The molecule has 1 aromatic carbocycles. The first-order valence-electron chi connectivity index (χ1n) is 7.54. The quantitative estimate of drug-likeness (QED) is 0.815. The molecule has 0 aliphatic carbocycles. The van der Waals surface area contributed by atoms with Crippen LogP contribution in [0, 0.1) is 0 Å². The highest BCUT2D eigenvalue weighted by Gasteiger charge is 2.24. The van der Waals surface area contributed by atoms with Gasteiger partial charge in [0, 0.05) is 6.54 Å². The zero-order valence-electron chi connectivity index (χ0n) is 14.3. The molecule has 1 N–H and O–H groups in total. The van der Waals surface area contributed by atoms with Gasteiger partial charge in [-0.15, -0.1) is 0 Å². The molecule has 128 valence electrons. The van der Waals surface area contributed by atoms with Gasteiger partial charge < -0.3 is 19.5 Å². The van der Waals surface area contributed by atoms with Gasteiger partial charge in [0.1, 0.15) is 11.4 Å². The summed E-state index contributed by atoms with van der Waals surface area (Å²) in [5.41, 5.74) is 0.110. The number of hydrogen-bond acceptors (Lipinski definition) is 5. The van der Waals surface area contributed by atoms with E-state index in [0.717, 1.165) is 0 Å². The fourth-order valence-electron chi connectivity index (χ4n) is 1.94. The second-order valence-corrected chi connectivity index (χ2v) is 5.96. The first-order valence-corrected chi connectivity index (χ1v) is 7.54. The molecular weight excluding hydrogens is 298 g/mol. The number of esters is 1. The van der Waals surface area contributed by atoms with Gasteiger partial charge in [0.05, 0.1) is 19.6 Å². The predicted octanol–water partition coefficient (Wildman–Crippen LogP) is 2.87. The van der Waals surface area contributed by atoms with Crippen molar-refractivity contribution >= 4 is 12.1 Å². The Morgan fingerprint density at radius 2 is 1.96 bits per heavy atom. The third-order valence-corrected chi connectivity index (χ3v) is 2.92. The molecule has 1 atom stereocenters. The molecule has 0 aliphatic heterocycles. The van der Waals surface area contributed by atoms with E-state index in [4.69, 9.17) is 14.2 Å². The predicted molar refractivity (Wildman–Crippen MR) is 86.6 cm³/mol. The number of nitrogens with one attached hydrogen (secondary N) is 1. The molecule has 0 saturated carbocycles. The fourth-order valence-corrected chi connectivity index (χ4v) is 1.94. The lowest BCUT2D eigenvalue weighted by Crippen LogP contribution is -2.36. The highest BCUT2D eigenvalue weighted by atomic mass is 16.6. The molecule has 0 radical (unpaired) electrons. The molecule has 6 nitrogen and oxygen atoms in total. The molecule has 0 spiro atoms. The molecule has 0 unspecified atom stereocenters. The number of carbonyl (C=O) groups excluding carboxylic acids is 2. The van der Waals surface area contributed by atoms with Crippen LogP contribution in [0.4, 0.5) is 4.79 Å². The number of benzene rings is 1. The number of ether oxygens (including phenoxy) is 3. The van der Waals surface area contributed by atoms with Crippen molar-refractivity contribution in [3.63, 3.8) is 0 Å². The Bertz CT molecular complexity index is 536. The van der Waals surface area contributed by atoms with Gasteiger partial charge in [-0.1, -0.05) is 12.1 Å². The summed E-state index contributed by atoms with van der Waals surface area (Å²) in [6.07, 6.45) is -0.574. The van der Waals surface area contributed by atoms with Crippen molar-refractivity contribution < 1.29 is 23.8 Å². The van der Waals surface area contributed by atoms with E-state index >= 15 is 0 Å². The first kappa shape index (κ1) is 18.8. The van der Waals surface area contributed by atoms with Gasteiger partial charge >= 0.3 is 12.1 Å². The normalized spacial score (nSPS) is 12.2. The number of hydrogen-bond donors (Lipinski definition) is 1. The number of carbonyl (C=O) groups is 2. The van der Waals surface area contributed by atoms with Crippen LogP contribution in [0.3, 0.4) is 0 Å². The Kier molecular flexibility index (Phi) is 6.88. The van der Waals surface area contributed by atoms with Crippen molar-refractivity contribution in [2.45, 2.75) is 39.2 Å². The Balaban J connectivity index is 2.84. The molecule has 0 heterocycles. The van der Waals surface area contributed by atoms with Gasteiger partial charge in [-0.2, -0.15) is 0 Å². The summed E-state index contributed by atoms with van der Waals surface area (Å²) in [5.74, 6) is -0.400. The van der Waals surface area contributed by atoms with E-state index in [0.29, 0.717) is 11.3 Å². The third-order valence-electron chi connectivity index (χ3n) is 2.92. The Morgan fingerprint density at radius 3 is 2.52 bits per heavy atom. The lowest BCUT2D eigenvalue weighted by Gasteiger charge is -2.21. The van der Waals surface area contributed by atoms with E-state index in [1.807, 2.05) is 0 Å². The second kappa shape index (κ2) is 8.41. The summed E-state index contributed by atoms with van der Waals surface area (Å²) >= 11 is 0. The molecule has 0 aliphatic rings. The van der Waals surface area contributed by atoms with Crippen molar-refractivity contribution in [3.05, 3.63) is 29.8 Å². The van der Waals surface area contributed by atoms with Crippen molar-refractivity contribution in [2.24, 2.45) is 0 Å². The summed E-state index contributed by atoms with van der Waals surface area (Å²) in [4.78, 5) is 24.0. The maximum absolute atomic E-state index is 12.2. The van der Waals surface area contributed by atoms with Gasteiger partial charge in [-0.25, -0.2) is 4.79 Å². The number of alkyl carbamates (subject to hydrolysis) is 1. The largest absolute Gasteiger partial charge is 0.497 e. The summed E-state index contributed by atoms with van der Waals surface area (Å²) in [6, 6.07) is 7.11. The van der Waals surface area contributed by atoms with E-state index in [9.17, 15) is 9.59 Å². The van der Waals surface area contributed by atoms with Crippen LogP contribution in [0.5, 0.6) is 5.75 Å². The molecule has 0 fully saturated rings. The minimum Gasteiger partial charge on any atom is -0.497 e. The van der Waals surface area contributed by atoms with Crippen LogP contribution in [0.15, 0.2) is 24.3 Å². The molecule has 1 rings (SSSR count). The van der Waals surface area contributed by atoms with Crippen LogP contribution < -0.4 is 10.1 Å². The zero-order chi connectivity index (χ0) is 17.5. The summed E-state index contributed by atoms with van der Waals surface area (Å²) in [5, 5.41) is 2.61. The Morgan fingerprint density at radius 1 is 1.26 bits per heavy atom. The van der Waals surface area contributed by atoms with Gasteiger partial charge in [0.2, 0.25) is 0 Å². The summed E-state index contributed by atoms with van der Waals surface area (Å²) in [6.45, 7) is 7.42. The minimum atomic E-state index is -0.627. The summed E-state index contributed by atoms with van der Waals surface area (Å²) < 4.78 is 15.4. The van der Waals surface area contributed by atoms with Crippen LogP contribution in [-0.2, 0) is 14.3 Å². The van der Waals surface area contributed by atoms with Crippen molar-refractivity contribution in [1.82, 2.24) is 5.32 Å². The first-order chi connectivity index (χ1) is 10.8. The maximum Gasteiger partial charge on any atom is 0.407 e.